The molecule has 94 valence electrons. The predicted octanol–water partition coefficient (Wildman–Crippen LogP) is 1.95. The third-order valence-electron chi connectivity index (χ3n) is 2.41. The Kier molecular flexibility index (Phi) is 2.93. The molecule has 0 saturated heterocycles. The second-order valence-electron chi connectivity index (χ2n) is 3.98. The maximum Gasteiger partial charge on any atom is 0.409 e. The number of hydrogen-bond acceptors (Lipinski definition) is 4. The summed E-state index contributed by atoms with van der Waals surface area (Å²) in [5.74, 6) is 0.417. The lowest BCUT2D eigenvalue weighted by Gasteiger charge is -2.11. The summed E-state index contributed by atoms with van der Waals surface area (Å²) in [5.41, 5.74) is 0.535. The summed E-state index contributed by atoms with van der Waals surface area (Å²) < 4.78 is 5.52. The summed E-state index contributed by atoms with van der Waals surface area (Å²) in [6.45, 7) is 0. The van der Waals surface area contributed by atoms with E-state index in [0.29, 0.717) is 22.5 Å². The Hall–Kier alpha value is -2.50. The summed E-state index contributed by atoms with van der Waals surface area (Å²) in [6.07, 6.45) is -1.17. The molecule has 0 unspecified atom stereocenters. The lowest BCUT2D eigenvalue weighted by molar-refractivity contribution is 0.210. The van der Waals surface area contributed by atoms with Crippen LogP contribution >= 0.6 is 0 Å². The van der Waals surface area contributed by atoms with Crippen LogP contribution < -0.4 is 15.6 Å². The minimum absolute atomic E-state index is 0.165. The minimum atomic E-state index is -1.17. The van der Waals surface area contributed by atoms with Crippen molar-refractivity contribution in [2.45, 2.75) is 0 Å². The van der Waals surface area contributed by atoms with Gasteiger partial charge in [-0.05, 0) is 12.1 Å². The van der Waals surface area contributed by atoms with Gasteiger partial charge in [-0.1, -0.05) is 0 Å². The highest BCUT2D eigenvalue weighted by Crippen LogP contribution is 2.21. The number of carboxylic acid groups (broad SMARTS) is 1. The molecule has 0 fully saturated rings. The number of nitrogens with zero attached hydrogens (tertiary/aromatic N) is 1. The number of benzene rings is 1. The number of rotatable bonds is 2. The smallest absolute Gasteiger partial charge is 0.409 e. The average molecular weight is 248 g/mol. The summed E-state index contributed by atoms with van der Waals surface area (Å²) >= 11 is 0. The molecule has 0 aliphatic heterocycles. The maximum atomic E-state index is 11.8. The predicted molar refractivity (Wildman–Crippen MR) is 68.5 cm³/mol. The van der Waals surface area contributed by atoms with Crippen LogP contribution in [0.5, 0.6) is 0 Å². The molecule has 6 nitrogen and oxygen atoms in total. The Balaban J connectivity index is 2.60. The van der Waals surface area contributed by atoms with E-state index < -0.39 is 6.09 Å². The Bertz CT molecular complexity index is 661. The Morgan fingerprint density at radius 2 is 2.06 bits per heavy atom. The van der Waals surface area contributed by atoms with Crippen LogP contribution in [-0.4, -0.2) is 25.3 Å². The molecule has 1 aromatic heterocycles. The highest BCUT2D eigenvalue weighted by atomic mass is 16.4. The van der Waals surface area contributed by atoms with Crippen molar-refractivity contribution in [3.05, 3.63) is 34.5 Å². The molecule has 0 atom stereocenters. The van der Waals surface area contributed by atoms with Crippen LogP contribution in [0.2, 0.25) is 0 Å². The molecule has 0 bridgehead atoms. The lowest BCUT2D eigenvalue weighted by atomic mass is 10.2. The number of carbonyl (C=O) groups is 1. The number of fused-ring (bicyclic) bond motifs is 1. The molecule has 0 aliphatic rings. The van der Waals surface area contributed by atoms with Crippen LogP contribution in [0, 0.1) is 0 Å². The van der Waals surface area contributed by atoms with Crippen molar-refractivity contribution >= 4 is 28.6 Å². The summed E-state index contributed by atoms with van der Waals surface area (Å²) in [7, 11) is 3.51. The fraction of sp³-hybridized carbons (Fsp3) is 0.167. The Morgan fingerprint density at radius 1 is 1.33 bits per heavy atom. The van der Waals surface area contributed by atoms with Crippen molar-refractivity contribution in [3.8, 4) is 0 Å². The van der Waals surface area contributed by atoms with Crippen LogP contribution in [0.15, 0.2) is 33.5 Å². The number of nitrogens with one attached hydrogen (secondary N) is 1. The van der Waals surface area contributed by atoms with Crippen molar-refractivity contribution in [1.82, 2.24) is 0 Å². The van der Waals surface area contributed by atoms with Gasteiger partial charge in [-0.3, -0.25) is 10.1 Å². The Morgan fingerprint density at radius 3 is 2.67 bits per heavy atom. The molecule has 0 spiro atoms. The molecule has 2 N–H and O–H groups in total. The molecule has 2 rings (SSSR count). The lowest BCUT2D eigenvalue weighted by Crippen LogP contribution is -2.12. The maximum absolute atomic E-state index is 11.8. The first-order chi connectivity index (χ1) is 8.47. The van der Waals surface area contributed by atoms with Gasteiger partial charge in [0.25, 0.3) is 0 Å². The van der Waals surface area contributed by atoms with Gasteiger partial charge < -0.3 is 14.4 Å². The van der Waals surface area contributed by atoms with Crippen molar-refractivity contribution < 1.29 is 14.3 Å². The Labute approximate surface area is 102 Å². The van der Waals surface area contributed by atoms with Gasteiger partial charge >= 0.3 is 6.09 Å². The van der Waals surface area contributed by atoms with Crippen LogP contribution in [-0.2, 0) is 0 Å². The van der Waals surface area contributed by atoms with Crippen LogP contribution in [0.3, 0.4) is 0 Å². The quantitative estimate of drug-likeness (QED) is 0.848. The summed E-state index contributed by atoms with van der Waals surface area (Å²) in [6, 6.07) is 5.93. The van der Waals surface area contributed by atoms with E-state index in [0.717, 1.165) is 0 Å². The van der Waals surface area contributed by atoms with Gasteiger partial charge in [0.2, 0.25) is 0 Å². The van der Waals surface area contributed by atoms with E-state index >= 15 is 0 Å². The van der Waals surface area contributed by atoms with Crippen LogP contribution in [0.25, 0.3) is 11.0 Å². The van der Waals surface area contributed by atoms with E-state index in [9.17, 15) is 9.59 Å². The van der Waals surface area contributed by atoms with Gasteiger partial charge in [-0.2, -0.15) is 0 Å². The topological polar surface area (TPSA) is 82.8 Å². The second kappa shape index (κ2) is 4.40. The summed E-state index contributed by atoms with van der Waals surface area (Å²) in [4.78, 5) is 24.0. The zero-order chi connectivity index (χ0) is 13.3. The largest absolute Gasteiger partial charge is 0.465 e. The van der Waals surface area contributed by atoms with Crippen molar-refractivity contribution in [2.24, 2.45) is 0 Å². The van der Waals surface area contributed by atoms with Crippen LogP contribution in [0.1, 0.15) is 0 Å². The number of hydrogen-bond donors (Lipinski definition) is 2. The normalized spacial score (nSPS) is 10.3. The molecule has 0 aliphatic carbocycles. The van der Waals surface area contributed by atoms with E-state index in [1.807, 2.05) is 0 Å². The molecule has 1 aromatic carbocycles. The van der Waals surface area contributed by atoms with Gasteiger partial charge in [0.05, 0.1) is 5.39 Å². The van der Waals surface area contributed by atoms with E-state index in [1.54, 1.807) is 19.0 Å². The highest BCUT2D eigenvalue weighted by molar-refractivity contribution is 5.88. The summed E-state index contributed by atoms with van der Waals surface area (Å²) in [5, 5.41) is 11.2. The third kappa shape index (κ3) is 2.27. The van der Waals surface area contributed by atoms with E-state index in [2.05, 4.69) is 5.32 Å². The van der Waals surface area contributed by atoms with Crippen LogP contribution in [0.4, 0.5) is 16.4 Å². The van der Waals surface area contributed by atoms with Crippen molar-refractivity contribution in [2.75, 3.05) is 24.3 Å². The van der Waals surface area contributed by atoms with Gasteiger partial charge in [0.1, 0.15) is 5.58 Å². The molecule has 0 radical (unpaired) electrons. The first-order valence-corrected chi connectivity index (χ1v) is 5.22. The zero-order valence-corrected chi connectivity index (χ0v) is 9.93. The SMILES string of the molecule is CN(C)c1cc(=O)c2ccc(NC(=O)O)cc2o1. The molecular weight excluding hydrogens is 236 g/mol. The minimum Gasteiger partial charge on any atom is -0.465 e. The molecule has 1 heterocycles. The molecule has 2 aromatic rings. The van der Waals surface area contributed by atoms with Gasteiger partial charge in [0.15, 0.2) is 11.3 Å². The third-order valence-corrected chi connectivity index (χ3v) is 2.41. The van der Waals surface area contributed by atoms with Gasteiger partial charge in [0, 0.05) is 31.9 Å². The molecular formula is C12H12N2O4. The van der Waals surface area contributed by atoms with Gasteiger partial charge in [-0.15, -0.1) is 0 Å². The molecule has 0 saturated carbocycles. The number of anilines is 2. The second-order valence-corrected chi connectivity index (χ2v) is 3.98. The number of amides is 1. The average Bonchev–Trinajstić information content (AvgIpc) is 2.27. The fourth-order valence-electron chi connectivity index (χ4n) is 1.56. The van der Waals surface area contributed by atoms with Crippen molar-refractivity contribution in [3.63, 3.8) is 0 Å². The molecule has 18 heavy (non-hydrogen) atoms. The fourth-order valence-corrected chi connectivity index (χ4v) is 1.56. The first-order valence-electron chi connectivity index (χ1n) is 5.22. The van der Waals surface area contributed by atoms with E-state index in [4.69, 9.17) is 9.52 Å². The van der Waals surface area contributed by atoms with Gasteiger partial charge in [-0.25, -0.2) is 4.79 Å². The van der Waals surface area contributed by atoms with Crippen molar-refractivity contribution in [1.29, 1.82) is 0 Å². The zero-order valence-electron chi connectivity index (χ0n) is 9.93. The monoisotopic (exact) mass is 248 g/mol. The highest BCUT2D eigenvalue weighted by Gasteiger charge is 2.07. The van der Waals surface area contributed by atoms with E-state index in [-0.39, 0.29) is 5.43 Å². The van der Waals surface area contributed by atoms with E-state index in [1.165, 1.54) is 24.3 Å². The first kappa shape index (κ1) is 12.0. The molecule has 1 amide bonds. The standard InChI is InChI=1S/C12H12N2O4/c1-14(2)11-6-9(15)8-4-3-7(13-12(16)17)5-10(8)18-11/h3-6,13H,1-2H3,(H,16,17). The molecule has 6 heteroatoms.